The van der Waals surface area contributed by atoms with Gasteiger partial charge in [0.2, 0.25) is 0 Å². The van der Waals surface area contributed by atoms with Crippen molar-refractivity contribution in [3.63, 3.8) is 0 Å². The molecule has 0 aromatic carbocycles. The Morgan fingerprint density at radius 3 is 1.94 bits per heavy atom. The molecule has 0 aromatic heterocycles. The summed E-state index contributed by atoms with van der Waals surface area (Å²) in [5, 5.41) is 8.76. The molecule has 2 rings (SSSR count). The SMILES string of the molecule is CCCN(C(=O)N(CCC(=O)O)C1CC1)C1CC1. The molecule has 0 heterocycles. The second kappa shape index (κ2) is 5.59. The molecule has 2 saturated carbocycles. The highest BCUT2D eigenvalue weighted by molar-refractivity contribution is 5.77. The first-order valence-corrected chi connectivity index (χ1v) is 6.92. The van der Waals surface area contributed by atoms with Crippen molar-refractivity contribution in [2.45, 2.75) is 57.5 Å². The van der Waals surface area contributed by atoms with Crippen molar-refractivity contribution >= 4 is 12.0 Å². The third-order valence-corrected chi connectivity index (χ3v) is 3.50. The van der Waals surface area contributed by atoms with E-state index in [2.05, 4.69) is 6.92 Å². The highest BCUT2D eigenvalue weighted by atomic mass is 16.4. The Balaban J connectivity index is 1.94. The van der Waals surface area contributed by atoms with Gasteiger partial charge in [-0.05, 0) is 32.1 Å². The Morgan fingerprint density at radius 2 is 1.56 bits per heavy atom. The average Bonchev–Trinajstić information content (AvgIpc) is 3.14. The highest BCUT2D eigenvalue weighted by Crippen LogP contribution is 2.32. The molecule has 18 heavy (non-hydrogen) atoms. The van der Waals surface area contributed by atoms with Gasteiger partial charge in [-0.15, -0.1) is 0 Å². The molecule has 0 spiro atoms. The fraction of sp³-hybridized carbons (Fsp3) is 0.846. The Hall–Kier alpha value is -1.26. The summed E-state index contributed by atoms with van der Waals surface area (Å²) < 4.78 is 0. The molecular formula is C13H22N2O3. The summed E-state index contributed by atoms with van der Waals surface area (Å²) in [6, 6.07) is 0.751. The Kier molecular flexibility index (Phi) is 4.09. The van der Waals surface area contributed by atoms with E-state index < -0.39 is 5.97 Å². The van der Waals surface area contributed by atoms with Crippen LogP contribution >= 0.6 is 0 Å². The number of amides is 2. The van der Waals surface area contributed by atoms with E-state index in [0.717, 1.165) is 38.6 Å². The van der Waals surface area contributed by atoms with Crippen LogP contribution in [0.15, 0.2) is 0 Å². The molecule has 0 bridgehead atoms. The Morgan fingerprint density at radius 1 is 1.06 bits per heavy atom. The second-order valence-corrected chi connectivity index (χ2v) is 5.28. The molecule has 0 aliphatic heterocycles. The number of rotatable bonds is 7. The lowest BCUT2D eigenvalue weighted by molar-refractivity contribution is -0.137. The molecule has 2 aliphatic rings. The predicted molar refractivity (Wildman–Crippen MR) is 67.4 cm³/mol. The molecule has 0 unspecified atom stereocenters. The fourth-order valence-electron chi connectivity index (χ4n) is 2.26. The summed E-state index contributed by atoms with van der Waals surface area (Å²) in [6.45, 7) is 3.22. The van der Waals surface area contributed by atoms with Crippen molar-refractivity contribution in [1.82, 2.24) is 9.80 Å². The van der Waals surface area contributed by atoms with E-state index in [1.807, 2.05) is 4.90 Å². The number of carboxylic acid groups (broad SMARTS) is 1. The number of hydrogen-bond acceptors (Lipinski definition) is 2. The largest absolute Gasteiger partial charge is 0.481 e. The van der Waals surface area contributed by atoms with Crippen molar-refractivity contribution in [3.05, 3.63) is 0 Å². The van der Waals surface area contributed by atoms with Crippen LogP contribution in [0.25, 0.3) is 0 Å². The lowest BCUT2D eigenvalue weighted by atomic mass is 10.3. The minimum absolute atomic E-state index is 0.0485. The quantitative estimate of drug-likeness (QED) is 0.755. The van der Waals surface area contributed by atoms with Crippen LogP contribution in [0.5, 0.6) is 0 Å². The molecule has 2 aliphatic carbocycles. The molecule has 5 heteroatoms. The van der Waals surface area contributed by atoms with Crippen molar-refractivity contribution in [2.75, 3.05) is 13.1 Å². The van der Waals surface area contributed by atoms with E-state index in [1.54, 1.807) is 4.90 Å². The van der Waals surface area contributed by atoms with E-state index in [0.29, 0.717) is 12.6 Å². The van der Waals surface area contributed by atoms with Gasteiger partial charge in [0, 0.05) is 25.2 Å². The third kappa shape index (κ3) is 3.37. The van der Waals surface area contributed by atoms with Gasteiger partial charge in [0.25, 0.3) is 0 Å². The summed E-state index contributed by atoms with van der Waals surface area (Å²) in [5.41, 5.74) is 0. The zero-order valence-electron chi connectivity index (χ0n) is 11.0. The minimum Gasteiger partial charge on any atom is -0.481 e. The summed E-state index contributed by atoms with van der Waals surface area (Å²) in [6.07, 6.45) is 5.25. The van der Waals surface area contributed by atoms with E-state index >= 15 is 0 Å². The average molecular weight is 254 g/mol. The number of nitrogens with zero attached hydrogens (tertiary/aromatic N) is 2. The maximum atomic E-state index is 12.5. The fourth-order valence-corrected chi connectivity index (χ4v) is 2.26. The van der Waals surface area contributed by atoms with Gasteiger partial charge in [0.15, 0.2) is 0 Å². The van der Waals surface area contributed by atoms with Crippen LogP contribution in [0.2, 0.25) is 0 Å². The predicted octanol–water partition coefficient (Wildman–Crippen LogP) is 1.92. The first-order chi connectivity index (χ1) is 8.63. The van der Waals surface area contributed by atoms with Crippen LogP contribution in [0.3, 0.4) is 0 Å². The molecule has 102 valence electrons. The molecule has 5 nitrogen and oxygen atoms in total. The summed E-state index contributed by atoms with van der Waals surface area (Å²) in [4.78, 5) is 26.9. The lowest BCUT2D eigenvalue weighted by Crippen LogP contribution is -2.46. The number of urea groups is 1. The van der Waals surface area contributed by atoms with Gasteiger partial charge < -0.3 is 14.9 Å². The molecule has 0 atom stereocenters. The monoisotopic (exact) mass is 254 g/mol. The van der Waals surface area contributed by atoms with Gasteiger partial charge in [0.05, 0.1) is 6.42 Å². The van der Waals surface area contributed by atoms with Crippen LogP contribution in [0.1, 0.15) is 45.4 Å². The molecule has 2 amide bonds. The maximum Gasteiger partial charge on any atom is 0.320 e. The maximum absolute atomic E-state index is 12.5. The molecule has 0 saturated heterocycles. The van der Waals surface area contributed by atoms with E-state index in [1.165, 1.54) is 0 Å². The van der Waals surface area contributed by atoms with Crippen LogP contribution < -0.4 is 0 Å². The lowest BCUT2D eigenvalue weighted by Gasteiger charge is -2.30. The third-order valence-electron chi connectivity index (χ3n) is 3.50. The van der Waals surface area contributed by atoms with Gasteiger partial charge in [0.1, 0.15) is 0 Å². The second-order valence-electron chi connectivity index (χ2n) is 5.28. The van der Waals surface area contributed by atoms with Crippen LogP contribution in [-0.4, -0.2) is 52.1 Å². The summed E-state index contributed by atoms with van der Waals surface area (Å²) >= 11 is 0. The van der Waals surface area contributed by atoms with Crippen LogP contribution in [0, 0.1) is 0 Å². The summed E-state index contributed by atoms with van der Waals surface area (Å²) in [7, 11) is 0. The topological polar surface area (TPSA) is 60.9 Å². The van der Waals surface area contributed by atoms with Crippen molar-refractivity contribution < 1.29 is 14.7 Å². The van der Waals surface area contributed by atoms with E-state index in [4.69, 9.17) is 5.11 Å². The van der Waals surface area contributed by atoms with Crippen molar-refractivity contribution in [1.29, 1.82) is 0 Å². The van der Waals surface area contributed by atoms with Gasteiger partial charge in [-0.1, -0.05) is 6.92 Å². The zero-order chi connectivity index (χ0) is 13.1. The van der Waals surface area contributed by atoms with Gasteiger partial charge >= 0.3 is 12.0 Å². The van der Waals surface area contributed by atoms with E-state index in [-0.39, 0.29) is 18.5 Å². The van der Waals surface area contributed by atoms with Gasteiger partial charge in [-0.2, -0.15) is 0 Å². The minimum atomic E-state index is -0.832. The normalized spacial score (nSPS) is 18.5. The number of aliphatic carboxylic acids is 1. The molecule has 2 fully saturated rings. The molecule has 0 radical (unpaired) electrons. The number of hydrogen-bond donors (Lipinski definition) is 1. The van der Waals surface area contributed by atoms with Gasteiger partial charge in [-0.25, -0.2) is 4.79 Å². The first kappa shape index (κ1) is 13.2. The van der Waals surface area contributed by atoms with Crippen LogP contribution in [-0.2, 0) is 4.79 Å². The smallest absolute Gasteiger partial charge is 0.320 e. The Labute approximate surface area is 108 Å². The molecule has 1 N–H and O–H groups in total. The number of carbonyl (C=O) groups is 2. The standard InChI is InChI=1S/C13H22N2O3/c1-2-8-14(10-3-4-10)13(18)15(11-5-6-11)9-7-12(16)17/h10-11H,2-9H2,1H3,(H,16,17). The first-order valence-electron chi connectivity index (χ1n) is 6.92. The van der Waals surface area contributed by atoms with Crippen LogP contribution in [0.4, 0.5) is 4.79 Å². The molecular weight excluding hydrogens is 232 g/mol. The Bertz CT molecular complexity index is 324. The number of carboxylic acids is 1. The van der Waals surface area contributed by atoms with Crippen molar-refractivity contribution in [3.8, 4) is 0 Å². The number of carbonyl (C=O) groups excluding carboxylic acids is 1. The van der Waals surface area contributed by atoms with Gasteiger partial charge in [-0.3, -0.25) is 4.79 Å². The highest BCUT2D eigenvalue weighted by Gasteiger charge is 2.39. The summed E-state index contributed by atoms with van der Waals surface area (Å²) in [5.74, 6) is -0.832. The zero-order valence-corrected chi connectivity index (χ0v) is 11.0. The van der Waals surface area contributed by atoms with E-state index in [9.17, 15) is 9.59 Å². The van der Waals surface area contributed by atoms with Crippen molar-refractivity contribution in [2.24, 2.45) is 0 Å². The molecule has 0 aromatic rings.